The molecule has 0 aliphatic carbocycles. The van der Waals surface area contributed by atoms with Gasteiger partial charge in [-0.3, -0.25) is 0 Å². The van der Waals surface area contributed by atoms with Crippen molar-refractivity contribution >= 4 is 23.3 Å². The minimum atomic E-state index is -5.08. The number of rotatable bonds is 2. The normalized spacial score (nSPS) is 10.1. The van der Waals surface area contributed by atoms with Crippen LogP contribution in [-0.4, -0.2) is 29.8 Å². The number of hydrogen-bond acceptors (Lipinski definition) is 4. The number of ether oxygens (including phenoxy) is 1. The minimum Gasteiger partial charge on any atom is -0.475 e. The Morgan fingerprint density at radius 3 is 2.29 bits per heavy atom. The van der Waals surface area contributed by atoms with Crippen molar-refractivity contribution in [1.29, 1.82) is 0 Å². The van der Waals surface area contributed by atoms with Gasteiger partial charge in [0.2, 0.25) is 0 Å². The number of alkyl halides is 3. The number of carboxylic acid groups (broad SMARTS) is 1. The molecule has 0 amide bonds. The summed E-state index contributed by atoms with van der Waals surface area (Å²) in [6.07, 6.45) is -5.08. The number of carbonyl (C=O) groups is 2. The summed E-state index contributed by atoms with van der Waals surface area (Å²) < 4.78 is 36.5. The number of hydrogen-bond donors (Lipinski definition) is 1. The monoisotopic (exact) mass is 270 g/mol. The number of carboxylic acids is 1. The summed E-state index contributed by atoms with van der Waals surface area (Å²) in [6, 6.07) is 3.58. The summed E-state index contributed by atoms with van der Waals surface area (Å²) in [5.41, 5.74) is 0. The van der Waals surface area contributed by atoms with Crippen LogP contribution < -0.4 is 0 Å². The van der Waals surface area contributed by atoms with Crippen molar-refractivity contribution in [3.63, 3.8) is 0 Å². The van der Waals surface area contributed by atoms with E-state index in [1.54, 1.807) is 13.0 Å². The Morgan fingerprint density at radius 1 is 1.47 bits per heavy atom. The first-order valence-corrected chi connectivity index (χ1v) is 5.17. The van der Waals surface area contributed by atoms with Crippen molar-refractivity contribution in [3.8, 4) is 0 Å². The number of halogens is 3. The van der Waals surface area contributed by atoms with Crippen LogP contribution in [0, 0.1) is 0 Å². The first-order valence-electron chi connectivity index (χ1n) is 4.29. The maximum absolute atomic E-state index is 10.9. The Bertz CT molecular complexity index is 359. The maximum atomic E-state index is 10.9. The highest BCUT2D eigenvalue weighted by atomic mass is 32.1. The molecule has 1 aromatic heterocycles. The van der Waals surface area contributed by atoms with E-state index >= 15 is 0 Å². The van der Waals surface area contributed by atoms with Crippen LogP contribution in [0.1, 0.15) is 16.6 Å². The lowest BCUT2D eigenvalue weighted by Crippen LogP contribution is -2.21. The van der Waals surface area contributed by atoms with Gasteiger partial charge in [-0.1, -0.05) is 6.07 Å². The summed E-state index contributed by atoms with van der Waals surface area (Å²) in [6.45, 7) is 2.24. The molecule has 8 heteroatoms. The molecule has 4 nitrogen and oxygen atoms in total. The van der Waals surface area contributed by atoms with Gasteiger partial charge in [0.15, 0.2) is 0 Å². The van der Waals surface area contributed by atoms with E-state index in [-0.39, 0.29) is 5.97 Å². The van der Waals surface area contributed by atoms with Crippen LogP contribution in [0.2, 0.25) is 0 Å². The van der Waals surface area contributed by atoms with Gasteiger partial charge in [0.05, 0.1) is 6.61 Å². The fraction of sp³-hybridized carbons (Fsp3) is 0.333. The van der Waals surface area contributed by atoms with Crippen LogP contribution in [0.5, 0.6) is 0 Å². The molecular formula is C9H9F3O4S. The Labute approximate surface area is 98.6 Å². The van der Waals surface area contributed by atoms with Gasteiger partial charge in [0.1, 0.15) is 4.88 Å². The molecule has 1 aromatic rings. The lowest BCUT2D eigenvalue weighted by atomic mass is 10.5. The molecule has 0 spiro atoms. The van der Waals surface area contributed by atoms with Crippen molar-refractivity contribution in [2.45, 2.75) is 13.1 Å². The zero-order chi connectivity index (χ0) is 13.5. The first-order chi connectivity index (χ1) is 7.79. The van der Waals surface area contributed by atoms with Crippen molar-refractivity contribution < 1.29 is 32.6 Å². The molecule has 0 fully saturated rings. The molecule has 0 aliphatic heterocycles. The van der Waals surface area contributed by atoms with Crippen LogP contribution in [0.25, 0.3) is 0 Å². The first kappa shape index (κ1) is 15.4. The van der Waals surface area contributed by atoms with E-state index in [9.17, 15) is 18.0 Å². The molecule has 0 radical (unpaired) electrons. The molecule has 0 bridgehead atoms. The number of esters is 1. The fourth-order valence-corrected chi connectivity index (χ4v) is 1.21. The predicted molar refractivity (Wildman–Crippen MR) is 54.0 cm³/mol. The lowest BCUT2D eigenvalue weighted by molar-refractivity contribution is -0.192. The third-order valence-corrected chi connectivity index (χ3v) is 2.09. The standard InChI is InChI=1S/C7H8O2S.C2HF3O2/c1-2-9-7(8)6-4-3-5-10-6;3-2(4,5)1(6)7/h3-5H,2H2,1H3;(H,6,7). The largest absolute Gasteiger partial charge is 0.490 e. The Kier molecular flexibility index (Phi) is 6.26. The van der Waals surface area contributed by atoms with Crippen molar-refractivity contribution in [2.24, 2.45) is 0 Å². The second-order valence-corrected chi connectivity index (χ2v) is 3.45. The smallest absolute Gasteiger partial charge is 0.475 e. The van der Waals surface area contributed by atoms with Crippen LogP contribution in [0.15, 0.2) is 17.5 Å². The molecule has 1 rings (SSSR count). The van der Waals surface area contributed by atoms with Gasteiger partial charge in [-0.05, 0) is 18.4 Å². The highest BCUT2D eigenvalue weighted by molar-refractivity contribution is 7.11. The number of aliphatic carboxylic acids is 1. The van der Waals surface area contributed by atoms with Gasteiger partial charge in [0, 0.05) is 0 Å². The topological polar surface area (TPSA) is 63.6 Å². The van der Waals surface area contributed by atoms with E-state index in [0.717, 1.165) is 0 Å². The fourth-order valence-electron chi connectivity index (χ4n) is 0.597. The third kappa shape index (κ3) is 6.56. The van der Waals surface area contributed by atoms with E-state index in [4.69, 9.17) is 14.6 Å². The van der Waals surface area contributed by atoms with Gasteiger partial charge >= 0.3 is 18.1 Å². The average molecular weight is 270 g/mol. The summed E-state index contributed by atoms with van der Waals surface area (Å²) in [5, 5.41) is 8.98. The predicted octanol–water partition coefficient (Wildman–Crippen LogP) is 2.56. The molecule has 0 aromatic carbocycles. The van der Waals surface area contributed by atoms with Crippen molar-refractivity contribution in [1.82, 2.24) is 0 Å². The quantitative estimate of drug-likeness (QED) is 0.839. The molecule has 17 heavy (non-hydrogen) atoms. The third-order valence-electron chi connectivity index (χ3n) is 1.24. The van der Waals surface area contributed by atoms with E-state index in [2.05, 4.69) is 0 Å². The highest BCUT2D eigenvalue weighted by Gasteiger charge is 2.38. The Hall–Kier alpha value is -1.57. The van der Waals surface area contributed by atoms with Crippen LogP contribution >= 0.6 is 11.3 Å². The van der Waals surface area contributed by atoms with Crippen molar-refractivity contribution in [2.75, 3.05) is 6.61 Å². The zero-order valence-electron chi connectivity index (χ0n) is 8.65. The van der Waals surface area contributed by atoms with E-state index in [0.29, 0.717) is 11.5 Å². The Balaban J connectivity index is 0.000000325. The highest BCUT2D eigenvalue weighted by Crippen LogP contribution is 2.13. The van der Waals surface area contributed by atoms with Gasteiger partial charge in [-0.25, -0.2) is 9.59 Å². The van der Waals surface area contributed by atoms with E-state index < -0.39 is 12.1 Å². The minimum absolute atomic E-state index is 0.225. The molecule has 0 unspecified atom stereocenters. The number of carbonyl (C=O) groups excluding carboxylic acids is 1. The second-order valence-electron chi connectivity index (χ2n) is 2.50. The molecule has 0 atom stereocenters. The zero-order valence-corrected chi connectivity index (χ0v) is 9.47. The van der Waals surface area contributed by atoms with Crippen LogP contribution in [-0.2, 0) is 9.53 Å². The molecule has 1 N–H and O–H groups in total. The van der Waals surface area contributed by atoms with Crippen molar-refractivity contribution in [3.05, 3.63) is 22.4 Å². The summed E-state index contributed by atoms with van der Waals surface area (Å²) in [7, 11) is 0. The molecule has 0 aliphatic rings. The van der Waals surface area contributed by atoms with Crippen LogP contribution in [0.4, 0.5) is 13.2 Å². The molecular weight excluding hydrogens is 261 g/mol. The van der Waals surface area contributed by atoms with E-state index in [1.165, 1.54) is 11.3 Å². The van der Waals surface area contributed by atoms with Gasteiger partial charge in [-0.15, -0.1) is 11.3 Å². The Morgan fingerprint density at radius 2 is 2.00 bits per heavy atom. The SMILES string of the molecule is CCOC(=O)c1cccs1.O=C(O)C(F)(F)F. The molecule has 96 valence electrons. The molecule has 0 saturated carbocycles. The second kappa shape index (κ2) is 6.89. The summed E-state index contributed by atoms with van der Waals surface area (Å²) in [5.74, 6) is -2.98. The van der Waals surface area contributed by atoms with E-state index in [1.807, 2.05) is 11.4 Å². The molecule has 1 heterocycles. The van der Waals surface area contributed by atoms with Gasteiger partial charge in [-0.2, -0.15) is 13.2 Å². The van der Waals surface area contributed by atoms with Gasteiger partial charge in [0.25, 0.3) is 0 Å². The summed E-state index contributed by atoms with van der Waals surface area (Å²) >= 11 is 1.40. The van der Waals surface area contributed by atoms with Gasteiger partial charge < -0.3 is 9.84 Å². The molecule has 0 saturated heterocycles. The van der Waals surface area contributed by atoms with Crippen LogP contribution in [0.3, 0.4) is 0 Å². The summed E-state index contributed by atoms with van der Waals surface area (Å²) in [4.78, 5) is 20.5. The lowest BCUT2D eigenvalue weighted by Gasteiger charge is -1.95. The maximum Gasteiger partial charge on any atom is 0.490 e. The average Bonchev–Trinajstić information content (AvgIpc) is 2.70. The number of thiophene rings is 1.